The molecule has 1 aromatic carbocycles. The van der Waals surface area contributed by atoms with E-state index in [1.807, 2.05) is 42.0 Å². The van der Waals surface area contributed by atoms with Crippen molar-refractivity contribution in [2.45, 2.75) is 26.3 Å². The largest absolute Gasteiger partial charge is 0.335 e. The first-order valence-corrected chi connectivity index (χ1v) is 6.75. The molecule has 2 rings (SSSR count). The fourth-order valence-electron chi connectivity index (χ4n) is 1.89. The Balaban J connectivity index is 2.04. The molecule has 0 saturated carbocycles. The highest BCUT2D eigenvalue weighted by atomic mass is 79.9. The molecule has 0 aliphatic heterocycles. The second-order valence-electron chi connectivity index (χ2n) is 4.11. The van der Waals surface area contributed by atoms with Gasteiger partial charge in [-0.1, -0.05) is 34.1 Å². The molecule has 0 aliphatic rings. The Hall–Kier alpha value is -1.42. The van der Waals surface area contributed by atoms with Crippen LogP contribution in [0.25, 0.3) is 0 Å². The molecule has 3 nitrogen and oxygen atoms in total. The van der Waals surface area contributed by atoms with Crippen molar-refractivity contribution in [3.8, 4) is 0 Å². The van der Waals surface area contributed by atoms with Crippen molar-refractivity contribution in [3.05, 3.63) is 52.5 Å². The number of carbonyl (C=O) groups excluding carboxylic acids is 1. The Labute approximate surface area is 115 Å². The molecule has 4 heteroatoms. The number of aromatic nitrogens is 2. The van der Waals surface area contributed by atoms with Crippen LogP contribution in [0.2, 0.25) is 0 Å². The first-order chi connectivity index (χ1) is 8.70. The van der Waals surface area contributed by atoms with Gasteiger partial charge in [0.2, 0.25) is 0 Å². The topological polar surface area (TPSA) is 34.9 Å². The minimum absolute atomic E-state index is 0.183. The molecule has 1 aromatic heterocycles. The highest BCUT2D eigenvalue weighted by molar-refractivity contribution is 9.10. The van der Waals surface area contributed by atoms with Gasteiger partial charge in [0, 0.05) is 29.8 Å². The van der Waals surface area contributed by atoms with E-state index in [0.29, 0.717) is 12.8 Å². The molecule has 94 valence electrons. The molecular weight excluding hydrogens is 292 g/mol. The van der Waals surface area contributed by atoms with Gasteiger partial charge in [-0.05, 0) is 18.6 Å². The molecule has 0 saturated heterocycles. The highest BCUT2D eigenvalue weighted by Crippen LogP contribution is 2.17. The number of ketones is 1. The number of hydrogen-bond donors (Lipinski definition) is 0. The molecule has 2 aromatic rings. The number of halogens is 1. The van der Waals surface area contributed by atoms with E-state index in [0.717, 1.165) is 22.4 Å². The third-order valence-electron chi connectivity index (χ3n) is 2.84. The summed E-state index contributed by atoms with van der Waals surface area (Å²) in [7, 11) is 0. The summed E-state index contributed by atoms with van der Waals surface area (Å²) in [4.78, 5) is 16.2. The standard InChI is InChI=1S/C14H15BrN2O/c1-2-17-8-7-16-14(17)10-12(18)9-11-5-3-4-6-13(11)15/h3-8H,2,9-10H2,1H3. The fraction of sp³-hybridized carbons (Fsp3) is 0.286. The lowest BCUT2D eigenvalue weighted by molar-refractivity contribution is -0.117. The third-order valence-corrected chi connectivity index (χ3v) is 3.62. The van der Waals surface area contributed by atoms with E-state index < -0.39 is 0 Å². The van der Waals surface area contributed by atoms with Crippen molar-refractivity contribution >= 4 is 21.7 Å². The van der Waals surface area contributed by atoms with E-state index in [-0.39, 0.29) is 5.78 Å². The van der Waals surface area contributed by atoms with Gasteiger partial charge in [-0.2, -0.15) is 0 Å². The monoisotopic (exact) mass is 306 g/mol. The van der Waals surface area contributed by atoms with Gasteiger partial charge in [-0.15, -0.1) is 0 Å². The number of Topliss-reactive ketones (excluding diaryl/α,β-unsaturated/α-hetero) is 1. The molecule has 1 heterocycles. The molecule has 0 fully saturated rings. The van der Waals surface area contributed by atoms with Gasteiger partial charge in [0.1, 0.15) is 11.6 Å². The number of carbonyl (C=O) groups is 1. The first kappa shape index (κ1) is 13.0. The number of benzene rings is 1. The average molecular weight is 307 g/mol. The molecule has 0 radical (unpaired) electrons. The molecular formula is C14H15BrN2O. The quantitative estimate of drug-likeness (QED) is 0.851. The van der Waals surface area contributed by atoms with Crippen molar-refractivity contribution < 1.29 is 4.79 Å². The molecule has 0 N–H and O–H groups in total. The predicted molar refractivity (Wildman–Crippen MR) is 74.5 cm³/mol. The van der Waals surface area contributed by atoms with Crippen LogP contribution in [0.5, 0.6) is 0 Å². The summed E-state index contributed by atoms with van der Waals surface area (Å²) in [5.41, 5.74) is 1.03. The number of rotatable bonds is 5. The molecule has 0 unspecified atom stereocenters. The minimum Gasteiger partial charge on any atom is -0.335 e. The van der Waals surface area contributed by atoms with Crippen molar-refractivity contribution in [2.24, 2.45) is 0 Å². The Kier molecular flexibility index (Phi) is 4.31. The van der Waals surface area contributed by atoms with Crippen LogP contribution >= 0.6 is 15.9 Å². The normalized spacial score (nSPS) is 10.6. The SMILES string of the molecule is CCn1ccnc1CC(=O)Cc1ccccc1Br. The molecule has 0 amide bonds. The number of imidazole rings is 1. The van der Waals surface area contributed by atoms with Crippen LogP contribution in [0.15, 0.2) is 41.1 Å². The van der Waals surface area contributed by atoms with Gasteiger partial charge in [0.15, 0.2) is 0 Å². The average Bonchev–Trinajstić information content (AvgIpc) is 2.79. The second-order valence-corrected chi connectivity index (χ2v) is 4.97. The Morgan fingerprint density at radius 3 is 2.83 bits per heavy atom. The van der Waals surface area contributed by atoms with Crippen LogP contribution < -0.4 is 0 Å². The highest BCUT2D eigenvalue weighted by Gasteiger charge is 2.10. The van der Waals surface area contributed by atoms with E-state index in [9.17, 15) is 4.79 Å². The van der Waals surface area contributed by atoms with Crippen molar-refractivity contribution in [2.75, 3.05) is 0 Å². The van der Waals surface area contributed by atoms with Crippen LogP contribution in [-0.2, 0) is 24.2 Å². The minimum atomic E-state index is 0.183. The van der Waals surface area contributed by atoms with E-state index in [2.05, 4.69) is 20.9 Å². The van der Waals surface area contributed by atoms with Crippen LogP contribution in [0.3, 0.4) is 0 Å². The molecule has 0 bridgehead atoms. The smallest absolute Gasteiger partial charge is 0.144 e. The van der Waals surface area contributed by atoms with Gasteiger partial charge in [0.05, 0.1) is 6.42 Å². The van der Waals surface area contributed by atoms with Crippen molar-refractivity contribution in [1.82, 2.24) is 9.55 Å². The van der Waals surface area contributed by atoms with Crippen LogP contribution in [0.1, 0.15) is 18.3 Å². The summed E-state index contributed by atoms with van der Waals surface area (Å²) in [6, 6.07) is 7.81. The lowest BCUT2D eigenvalue weighted by Crippen LogP contribution is -2.11. The zero-order chi connectivity index (χ0) is 13.0. The van der Waals surface area contributed by atoms with E-state index in [1.165, 1.54) is 0 Å². The van der Waals surface area contributed by atoms with Gasteiger partial charge in [-0.3, -0.25) is 4.79 Å². The molecule has 18 heavy (non-hydrogen) atoms. The van der Waals surface area contributed by atoms with Crippen LogP contribution in [0, 0.1) is 0 Å². The maximum absolute atomic E-state index is 12.0. The van der Waals surface area contributed by atoms with Gasteiger partial charge >= 0.3 is 0 Å². The Bertz CT molecular complexity index is 548. The number of hydrogen-bond acceptors (Lipinski definition) is 2. The maximum atomic E-state index is 12.0. The molecule has 0 atom stereocenters. The molecule has 0 spiro atoms. The summed E-state index contributed by atoms with van der Waals surface area (Å²) in [6.45, 7) is 2.89. The van der Waals surface area contributed by atoms with Crippen LogP contribution in [-0.4, -0.2) is 15.3 Å². The summed E-state index contributed by atoms with van der Waals surface area (Å²) >= 11 is 3.46. The Morgan fingerprint density at radius 2 is 2.11 bits per heavy atom. The number of aryl methyl sites for hydroxylation is 1. The summed E-state index contributed by atoms with van der Waals surface area (Å²) in [6.07, 6.45) is 4.48. The van der Waals surface area contributed by atoms with Crippen molar-refractivity contribution in [1.29, 1.82) is 0 Å². The van der Waals surface area contributed by atoms with E-state index in [4.69, 9.17) is 0 Å². The number of nitrogens with zero attached hydrogens (tertiary/aromatic N) is 2. The van der Waals surface area contributed by atoms with E-state index >= 15 is 0 Å². The summed E-state index contributed by atoms with van der Waals surface area (Å²) < 4.78 is 2.98. The maximum Gasteiger partial charge on any atom is 0.144 e. The van der Waals surface area contributed by atoms with Crippen LogP contribution in [0.4, 0.5) is 0 Å². The lowest BCUT2D eigenvalue weighted by atomic mass is 10.1. The summed E-state index contributed by atoms with van der Waals surface area (Å²) in [5.74, 6) is 1.03. The van der Waals surface area contributed by atoms with E-state index in [1.54, 1.807) is 6.20 Å². The lowest BCUT2D eigenvalue weighted by Gasteiger charge is -2.05. The predicted octanol–water partition coefficient (Wildman–Crippen LogP) is 3.02. The second kappa shape index (κ2) is 5.96. The zero-order valence-electron chi connectivity index (χ0n) is 10.3. The van der Waals surface area contributed by atoms with Gasteiger partial charge in [-0.25, -0.2) is 4.98 Å². The van der Waals surface area contributed by atoms with Gasteiger partial charge in [0.25, 0.3) is 0 Å². The zero-order valence-corrected chi connectivity index (χ0v) is 11.9. The molecule has 0 aliphatic carbocycles. The van der Waals surface area contributed by atoms with Gasteiger partial charge < -0.3 is 4.57 Å². The first-order valence-electron chi connectivity index (χ1n) is 5.95. The fourth-order valence-corrected chi connectivity index (χ4v) is 2.31. The van der Waals surface area contributed by atoms with Crippen molar-refractivity contribution in [3.63, 3.8) is 0 Å². The Morgan fingerprint density at radius 1 is 1.33 bits per heavy atom. The third kappa shape index (κ3) is 3.07. The summed E-state index contributed by atoms with van der Waals surface area (Å²) in [5, 5.41) is 0.